The first-order valence-corrected chi connectivity index (χ1v) is 5.51. The molecule has 3 N–H and O–H groups in total. The smallest absolute Gasteiger partial charge is 0.323 e. The van der Waals surface area contributed by atoms with E-state index >= 15 is 0 Å². The van der Waals surface area contributed by atoms with Crippen LogP contribution in [0.25, 0.3) is 0 Å². The highest BCUT2D eigenvalue weighted by molar-refractivity contribution is 5.94. The van der Waals surface area contributed by atoms with Crippen LogP contribution in [0.3, 0.4) is 0 Å². The zero-order valence-electron chi connectivity index (χ0n) is 9.55. The molecule has 1 unspecified atom stereocenters. The second-order valence-corrected chi connectivity index (χ2v) is 4.09. The predicted octanol–water partition coefficient (Wildman–Crippen LogP) is -0.809. The summed E-state index contributed by atoms with van der Waals surface area (Å²) in [5.41, 5.74) is 0.275. The zero-order chi connectivity index (χ0) is 13.1. The molecule has 1 aromatic heterocycles. The molecule has 2 rings (SSSR count). The predicted molar refractivity (Wildman–Crippen MR) is 60.9 cm³/mol. The fraction of sp³-hybridized carbons (Fsp3) is 0.364. The average molecular weight is 251 g/mol. The van der Waals surface area contributed by atoms with Crippen LogP contribution in [0.4, 0.5) is 0 Å². The molecular weight excluding hydrogens is 238 g/mol. The summed E-state index contributed by atoms with van der Waals surface area (Å²) in [6.45, 7) is 0.141. The maximum absolute atomic E-state index is 11.9. The van der Waals surface area contributed by atoms with Crippen molar-refractivity contribution in [3.05, 3.63) is 24.0 Å². The number of carboxylic acid groups (broad SMARTS) is 1. The molecule has 2 heterocycles. The Hall–Kier alpha value is -2.31. The maximum Gasteiger partial charge on any atom is 0.323 e. The van der Waals surface area contributed by atoms with Crippen LogP contribution in [0, 0.1) is 0 Å². The van der Waals surface area contributed by atoms with Crippen molar-refractivity contribution in [3.8, 4) is 0 Å². The molecule has 18 heavy (non-hydrogen) atoms. The average Bonchev–Trinajstić information content (AvgIpc) is 2.87. The summed E-state index contributed by atoms with van der Waals surface area (Å²) >= 11 is 0. The molecule has 0 radical (unpaired) electrons. The third-order valence-corrected chi connectivity index (χ3v) is 2.68. The Labute approximate surface area is 103 Å². The lowest BCUT2D eigenvalue weighted by Gasteiger charge is -2.11. The van der Waals surface area contributed by atoms with E-state index in [9.17, 15) is 14.4 Å². The molecule has 7 heteroatoms. The normalized spacial score (nSPS) is 18.4. The molecule has 1 aromatic rings. The molecule has 1 fully saturated rings. The minimum absolute atomic E-state index is 0.0961. The number of hydrogen-bond donors (Lipinski definition) is 3. The number of nitrogens with one attached hydrogen (secondary N) is 2. The van der Waals surface area contributed by atoms with Crippen LogP contribution < -0.4 is 10.6 Å². The summed E-state index contributed by atoms with van der Waals surface area (Å²) in [5, 5.41) is 14.0. The molecular formula is C11H13N3O4. The summed E-state index contributed by atoms with van der Waals surface area (Å²) < 4.78 is 1.35. The highest BCUT2D eigenvalue weighted by Crippen LogP contribution is 2.05. The molecule has 96 valence electrons. The van der Waals surface area contributed by atoms with E-state index in [1.54, 1.807) is 12.1 Å². The second kappa shape index (κ2) is 4.91. The van der Waals surface area contributed by atoms with Crippen molar-refractivity contribution in [2.45, 2.75) is 19.0 Å². The fourth-order valence-corrected chi connectivity index (χ4v) is 1.87. The molecule has 1 aliphatic heterocycles. The van der Waals surface area contributed by atoms with Crippen LogP contribution in [0.2, 0.25) is 0 Å². The van der Waals surface area contributed by atoms with Crippen molar-refractivity contribution in [3.63, 3.8) is 0 Å². The van der Waals surface area contributed by atoms with Gasteiger partial charge in [0.2, 0.25) is 5.91 Å². The Morgan fingerprint density at radius 1 is 1.56 bits per heavy atom. The Morgan fingerprint density at radius 2 is 2.33 bits per heavy atom. The van der Waals surface area contributed by atoms with E-state index in [0.29, 0.717) is 6.54 Å². The van der Waals surface area contributed by atoms with Gasteiger partial charge in [0, 0.05) is 19.2 Å². The summed E-state index contributed by atoms with van der Waals surface area (Å²) in [6.07, 6.45) is 1.78. The first kappa shape index (κ1) is 12.2. The number of nitrogens with zero attached hydrogens (tertiary/aromatic N) is 1. The third kappa shape index (κ3) is 2.68. The van der Waals surface area contributed by atoms with E-state index in [1.165, 1.54) is 10.8 Å². The molecule has 1 atom stereocenters. The number of carbonyl (C=O) groups is 3. The molecule has 0 saturated carbocycles. The number of amides is 2. The summed E-state index contributed by atoms with van der Waals surface area (Å²) in [4.78, 5) is 33.5. The van der Waals surface area contributed by atoms with Crippen LogP contribution >= 0.6 is 0 Å². The molecule has 1 aliphatic rings. The van der Waals surface area contributed by atoms with Crippen molar-refractivity contribution >= 4 is 17.8 Å². The van der Waals surface area contributed by atoms with Gasteiger partial charge in [-0.3, -0.25) is 14.4 Å². The van der Waals surface area contributed by atoms with Gasteiger partial charge in [-0.25, -0.2) is 0 Å². The molecule has 0 aliphatic carbocycles. The standard InChI is InChI=1S/C11H13N3O4/c15-9-4-7(5-12-9)13-11(18)8-2-1-3-14(8)6-10(16)17/h1-3,7H,4-6H2,(H,12,15)(H,13,18)(H,16,17). The largest absolute Gasteiger partial charge is 0.480 e. The van der Waals surface area contributed by atoms with Gasteiger partial charge in [-0.2, -0.15) is 0 Å². The molecule has 0 spiro atoms. The number of carboxylic acids is 1. The summed E-state index contributed by atoms with van der Waals surface area (Å²) in [5.74, 6) is -1.48. The van der Waals surface area contributed by atoms with Crippen LogP contribution in [-0.4, -0.2) is 40.0 Å². The van der Waals surface area contributed by atoms with E-state index in [4.69, 9.17) is 5.11 Å². The van der Waals surface area contributed by atoms with E-state index in [1.807, 2.05) is 0 Å². The minimum atomic E-state index is -1.02. The Kier molecular flexibility index (Phi) is 3.31. The monoisotopic (exact) mass is 251 g/mol. The molecule has 0 bridgehead atoms. The summed E-state index contributed by atoms with van der Waals surface area (Å²) in [6, 6.07) is 2.91. The lowest BCUT2D eigenvalue weighted by molar-refractivity contribution is -0.137. The van der Waals surface area contributed by atoms with E-state index in [-0.39, 0.29) is 36.5 Å². The van der Waals surface area contributed by atoms with Gasteiger partial charge in [-0.1, -0.05) is 0 Å². The van der Waals surface area contributed by atoms with Crippen molar-refractivity contribution in [2.75, 3.05) is 6.54 Å². The number of carbonyl (C=O) groups excluding carboxylic acids is 2. The number of rotatable bonds is 4. The van der Waals surface area contributed by atoms with E-state index in [0.717, 1.165) is 0 Å². The van der Waals surface area contributed by atoms with Crippen molar-refractivity contribution < 1.29 is 19.5 Å². The van der Waals surface area contributed by atoms with Crippen LogP contribution in [-0.2, 0) is 16.1 Å². The first-order chi connectivity index (χ1) is 8.56. The van der Waals surface area contributed by atoms with Crippen molar-refractivity contribution in [1.82, 2.24) is 15.2 Å². The fourth-order valence-electron chi connectivity index (χ4n) is 1.87. The number of aromatic nitrogens is 1. The van der Waals surface area contributed by atoms with Gasteiger partial charge < -0.3 is 20.3 Å². The third-order valence-electron chi connectivity index (χ3n) is 2.68. The van der Waals surface area contributed by atoms with Gasteiger partial charge in [0.25, 0.3) is 5.91 Å². The summed E-state index contributed by atoms with van der Waals surface area (Å²) in [7, 11) is 0. The van der Waals surface area contributed by atoms with Crippen LogP contribution in [0.15, 0.2) is 18.3 Å². The van der Waals surface area contributed by atoms with Gasteiger partial charge >= 0.3 is 5.97 Å². The topological polar surface area (TPSA) is 100 Å². The van der Waals surface area contributed by atoms with Gasteiger partial charge in [0.15, 0.2) is 0 Å². The lowest BCUT2D eigenvalue weighted by Crippen LogP contribution is -2.37. The zero-order valence-corrected chi connectivity index (χ0v) is 9.55. The minimum Gasteiger partial charge on any atom is -0.480 e. The molecule has 0 aromatic carbocycles. The van der Waals surface area contributed by atoms with Crippen LogP contribution in [0.1, 0.15) is 16.9 Å². The van der Waals surface area contributed by atoms with E-state index < -0.39 is 5.97 Å². The second-order valence-electron chi connectivity index (χ2n) is 4.09. The van der Waals surface area contributed by atoms with Crippen molar-refractivity contribution in [1.29, 1.82) is 0 Å². The quantitative estimate of drug-likeness (QED) is 0.651. The Balaban J connectivity index is 2.02. The van der Waals surface area contributed by atoms with Gasteiger partial charge in [-0.05, 0) is 12.1 Å². The van der Waals surface area contributed by atoms with E-state index in [2.05, 4.69) is 10.6 Å². The number of aliphatic carboxylic acids is 1. The molecule has 1 saturated heterocycles. The maximum atomic E-state index is 11.9. The Morgan fingerprint density at radius 3 is 2.94 bits per heavy atom. The van der Waals surface area contributed by atoms with Crippen LogP contribution in [0.5, 0.6) is 0 Å². The lowest BCUT2D eigenvalue weighted by atomic mass is 10.2. The van der Waals surface area contributed by atoms with Gasteiger partial charge in [0.05, 0.1) is 6.04 Å². The highest BCUT2D eigenvalue weighted by atomic mass is 16.4. The highest BCUT2D eigenvalue weighted by Gasteiger charge is 2.24. The molecule has 2 amide bonds. The van der Waals surface area contributed by atoms with Gasteiger partial charge in [-0.15, -0.1) is 0 Å². The van der Waals surface area contributed by atoms with Gasteiger partial charge in [0.1, 0.15) is 12.2 Å². The Bertz CT molecular complexity index is 494. The van der Waals surface area contributed by atoms with Crippen molar-refractivity contribution in [2.24, 2.45) is 0 Å². The first-order valence-electron chi connectivity index (χ1n) is 5.51. The number of hydrogen-bond acceptors (Lipinski definition) is 3. The SMILES string of the molecule is O=C(O)Cn1cccc1C(=O)NC1CNC(=O)C1. The molecule has 7 nitrogen and oxygen atoms in total.